The average Bonchev–Trinajstić information content (AvgIpc) is 2.82. The Labute approximate surface area is 117 Å². The van der Waals surface area contributed by atoms with Gasteiger partial charge < -0.3 is 5.32 Å². The molecular weight excluding hydrogens is 268 g/mol. The van der Waals surface area contributed by atoms with Crippen LogP contribution in [-0.4, -0.2) is 17.1 Å². The molecule has 1 aromatic carbocycles. The quantitative estimate of drug-likeness (QED) is 0.820. The van der Waals surface area contributed by atoms with Crippen LogP contribution in [0.5, 0.6) is 0 Å². The average molecular weight is 283 g/mol. The van der Waals surface area contributed by atoms with Gasteiger partial charge in [-0.1, -0.05) is 24.4 Å². The Hall–Kier alpha value is -1.13. The maximum atomic E-state index is 11.9. The Morgan fingerprint density at radius 3 is 2.44 bits per heavy atom. The van der Waals surface area contributed by atoms with E-state index in [1.807, 2.05) is 0 Å². The van der Waals surface area contributed by atoms with Crippen molar-refractivity contribution in [2.45, 2.75) is 31.7 Å². The van der Waals surface area contributed by atoms with Crippen LogP contribution in [0.1, 0.15) is 36.0 Å². The number of hydrogen-bond acceptors (Lipinski definition) is 2. The highest BCUT2D eigenvalue weighted by molar-refractivity contribution is 7.80. The van der Waals surface area contributed by atoms with Gasteiger partial charge in [0.1, 0.15) is 0 Å². The summed E-state index contributed by atoms with van der Waals surface area (Å²) in [6, 6.07) is 7.13. The van der Waals surface area contributed by atoms with E-state index >= 15 is 0 Å². The first-order chi connectivity index (χ1) is 8.65. The summed E-state index contributed by atoms with van der Waals surface area (Å²) in [6.07, 6.45) is 4.70. The zero-order chi connectivity index (χ0) is 13.0. The summed E-state index contributed by atoms with van der Waals surface area (Å²) in [6.45, 7) is 0. The third kappa shape index (κ3) is 3.68. The second kappa shape index (κ2) is 6.16. The van der Waals surface area contributed by atoms with Gasteiger partial charge in [-0.05, 0) is 49.3 Å². The Kier molecular flexibility index (Phi) is 4.55. The summed E-state index contributed by atoms with van der Waals surface area (Å²) in [5.74, 6) is -0.206. The molecule has 1 amide bonds. The minimum absolute atomic E-state index is 0.206. The molecule has 0 aromatic heterocycles. The molecule has 0 saturated heterocycles. The van der Waals surface area contributed by atoms with Crippen molar-refractivity contribution in [1.29, 1.82) is 0 Å². The molecule has 0 aliphatic heterocycles. The number of carbonyl (C=O) groups is 1. The minimum atomic E-state index is -0.206. The summed E-state index contributed by atoms with van der Waals surface area (Å²) in [5, 5.41) is 6.86. The molecule has 2 N–H and O–H groups in total. The van der Waals surface area contributed by atoms with Crippen LogP contribution >= 0.6 is 23.8 Å². The fraction of sp³-hybridized carbons (Fsp3) is 0.385. The Morgan fingerprint density at radius 1 is 1.22 bits per heavy atom. The third-order valence-electron chi connectivity index (χ3n) is 3.02. The number of benzene rings is 1. The van der Waals surface area contributed by atoms with Crippen molar-refractivity contribution in [3.63, 3.8) is 0 Å². The molecule has 0 unspecified atom stereocenters. The lowest BCUT2D eigenvalue weighted by molar-refractivity contribution is 0.0976. The molecule has 0 spiro atoms. The lowest BCUT2D eigenvalue weighted by Crippen LogP contribution is -2.43. The van der Waals surface area contributed by atoms with Gasteiger partial charge in [0.2, 0.25) is 0 Å². The monoisotopic (exact) mass is 282 g/mol. The second-order valence-electron chi connectivity index (χ2n) is 4.42. The zero-order valence-corrected chi connectivity index (χ0v) is 11.5. The molecule has 18 heavy (non-hydrogen) atoms. The fourth-order valence-corrected chi connectivity index (χ4v) is 2.45. The van der Waals surface area contributed by atoms with Gasteiger partial charge in [0.25, 0.3) is 5.91 Å². The molecule has 0 atom stereocenters. The van der Waals surface area contributed by atoms with Gasteiger partial charge in [0.15, 0.2) is 5.11 Å². The number of thiocarbonyl (C=S) groups is 1. The molecule has 1 aliphatic rings. The number of nitrogens with one attached hydrogen (secondary N) is 2. The van der Waals surface area contributed by atoms with Gasteiger partial charge in [-0.3, -0.25) is 10.1 Å². The number of hydrogen-bond donors (Lipinski definition) is 2. The SMILES string of the molecule is O=C(NC(=S)NC1CCCC1)c1ccc(Cl)cc1. The molecule has 0 radical (unpaired) electrons. The highest BCUT2D eigenvalue weighted by Gasteiger charge is 2.16. The highest BCUT2D eigenvalue weighted by atomic mass is 35.5. The second-order valence-corrected chi connectivity index (χ2v) is 5.26. The smallest absolute Gasteiger partial charge is 0.257 e. The van der Waals surface area contributed by atoms with Gasteiger partial charge in [-0.25, -0.2) is 0 Å². The van der Waals surface area contributed by atoms with E-state index in [1.165, 1.54) is 12.8 Å². The molecule has 3 nitrogen and oxygen atoms in total. The van der Waals surface area contributed by atoms with Crippen molar-refractivity contribution in [2.75, 3.05) is 0 Å². The molecule has 1 aromatic rings. The molecule has 2 rings (SSSR count). The Morgan fingerprint density at radius 2 is 1.83 bits per heavy atom. The first-order valence-electron chi connectivity index (χ1n) is 6.02. The summed E-state index contributed by atoms with van der Waals surface area (Å²) in [4.78, 5) is 11.9. The first kappa shape index (κ1) is 13.3. The van der Waals surface area contributed by atoms with Crippen LogP contribution in [0, 0.1) is 0 Å². The molecule has 5 heteroatoms. The van der Waals surface area contributed by atoms with Gasteiger partial charge >= 0.3 is 0 Å². The van der Waals surface area contributed by atoms with E-state index in [1.54, 1.807) is 24.3 Å². The standard InChI is InChI=1S/C13H15ClN2OS/c14-10-7-5-9(6-8-10)12(17)16-13(18)15-11-3-1-2-4-11/h5-8,11H,1-4H2,(H2,15,16,17,18). The van der Waals surface area contributed by atoms with Crippen LogP contribution < -0.4 is 10.6 Å². The molecule has 1 saturated carbocycles. The van der Waals surface area contributed by atoms with E-state index < -0.39 is 0 Å². The molecule has 0 bridgehead atoms. The molecule has 1 fully saturated rings. The number of amides is 1. The lowest BCUT2D eigenvalue weighted by Gasteiger charge is -2.14. The number of halogens is 1. The molecule has 1 aliphatic carbocycles. The number of carbonyl (C=O) groups excluding carboxylic acids is 1. The Balaban J connectivity index is 1.86. The zero-order valence-electron chi connectivity index (χ0n) is 9.91. The Bertz CT molecular complexity index is 441. The van der Waals surface area contributed by atoms with Gasteiger partial charge in [-0.2, -0.15) is 0 Å². The van der Waals surface area contributed by atoms with Crippen LogP contribution in [0.3, 0.4) is 0 Å². The van der Waals surface area contributed by atoms with Crippen molar-refractivity contribution in [2.24, 2.45) is 0 Å². The lowest BCUT2D eigenvalue weighted by atomic mass is 10.2. The van der Waals surface area contributed by atoms with Crippen LogP contribution in [-0.2, 0) is 0 Å². The van der Waals surface area contributed by atoms with E-state index in [0.717, 1.165) is 12.8 Å². The molecule has 96 valence electrons. The summed E-state index contributed by atoms with van der Waals surface area (Å²) < 4.78 is 0. The van der Waals surface area contributed by atoms with Crippen LogP contribution in [0.15, 0.2) is 24.3 Å². The van der Waals surface area contributed by atoms with Gasteiger partial charge in [-0.15, -0.1) is 0 Å². The predicted molar refractivity (Wildman–Crippen MR) is 76.9 cm³/mol. The third-order valence-corrected chi connectivity index (χ3v) is 3.50. The van der Waals surface area contributed by atoms with Crippen LogP contribution in [0.4, 0.5) is 0 Å². The topological polar surface area (TPSA) is 41.1 Å². The maximum Gasteiger partial charge on any atom is 0.257 e. The first-order valence-corrected chi connectivity index (χ1v) is 6.81. The van der Waals surface area contributed by atoms with Crippen molar-refractivity contribution >= 4 is 34.8 Å². The van der Waals surface area contributed by atoms with Crippen molar-refractivity contribution in [3.8, 4) is 0 Å². The molecule has 0 heterocycles. The van der Waals surface area contributed by atoms with Gasteiger partial charge in [0, 0.05) is 16.6 Å². The van der Waals surface area contributed by atoms with Crippen LogP contribution in [0.2, 0.25) is 5.02 Å². The van der Waals surface area contributed by atoms with Crippen molar-refractivity contribution < 1.29 is 4.79 Å². The van der Waals surface area contributed by atoms with Crippen LogP contribution in [0.25, 0.3) is 0 Å². The van der Waals surface area contributed by atoms with Crippen molar-refractivity contribution in [3.05, 3.63) is 34.9 Å². The molecular formula is C13H15ClN2OS. The fourth-order valence-electron chi connectivity index (χ4n) is 2.07. The van der Waals surface area contributed by atoms with Crippen molar-refractivity contribution in [1.82, 2.24) is 10.6 Å². The van der Waals surface area contributed by atoms with E-state index in [2.05, 4.69) is 10.6 Å². The predicted octanol–water partition coefficient (Wildman–Crippen LogP) is 2.89. The van der Waals surface area contributed by atoms with E-state index in [9.17, 15) is 4.79 Å². The van der Waals surface area contributed by atoms with E-state index in [-0.39, 0.29) is 5.91 Å². The highest BCUT2D eigenvalue weighted by Crippen LogP contribution is 2.17. The summed E-state index contributed by atoms with van der Waals surface area (Å²) >= 11 is 10.9. The van der Waals surface area contributed by atoms with E-state index in [0.29, 0.717) is 21.7 Å². The van der Waals surface area contributed by atoms with Gasteiger partial charge in [0.05, 0.1) is 0 Å². The van der Waals surface area contributed by atoms with E-state index in [4.69, 9.17) is 23.8 Å². The number of rotatable bonds is 2. The maximum absolute atomic E-state index is 11.9. The normalized spacial score (nSPS) is 15.4. The minimum Gasteiger partial charge on any atom is -0.360 e. The summed E-state index contributed by atoms with van der Waals surface area (Å²) in [7, 11) is 0. The largest absolute Gasteiger partial charge is 0.360 e. The summed E-state index contributed by atoms with van der Waals surface area (Å²) in [5.41, 5.74) is 0.551.